The predicted molar refractivity (Wildman–Crippen MR) is 79.8 cm³/mol. The molecule has 2 rings (SSSR count). The molecule has 1 aromatic heterocycles. The van der Waals surface area contributed by atoms with Crippen LogP contribution >= 0.6 is 27.7 Å². The quantitative estimate of drug-likeness (QED) is 0.860. The van der Waals surface area contributed by atoms with Gasteiger partial charge in [0, 0.05) is 40.8 Å². The molecule has 0 aliphatic carbocycles. The molecule has 96 valence electrons. The summed E-state index contributed by atoms with van der Waals surface area (Å²) in [6.07, 6.45) is 2.77. The highest BCUT2D eigenvalue weighted by molar-refractivity contribution is 9.10. The van der Waals surface area contributed by atoms with Gasteiger partial charge in [-0.05, 0) is 30.3 Å². The van der Waals surface area contributed by atoms with Gasteiger partial charge in [0.25, 0.3) is 0 Å². The van der Waals surface area contributed by atoms with E-state index in [-0.39, 0.29) is 6.04 Å². The zero-order valence-electron chi connectivity index (χ0n) is 10.2. The molecule has 18 heavy (non-hydrogen) atoms. The molecule has 0 fully saturated rings. The number of benzene rings is 1. The van der Waals surface area contributed by atoms with Crippen LogP contribution in [0.15, 0.2) is 45.9 Å². The van der Waals surface area contributed by atoms with E-state index >= 15 is 0 Å². The summed E-state index contributed by atoms with van der Waals surface area (Å²) >= 11 is 5.21. The maximum atomic E-state index is 6.11. The maximum Gasteiger partial charge on any atom is 0.0640 e. The zero-order valence-corrected chi connectivity index (χ0v) is 12.6. The molecule has 0 saturated carbocycles. The molecular formula is C13H16BrN3S. The molecule has 0 radical (unpaired) electrons. The van der Waals surface area contributed by atoms with Crippen molar-refractivity contribution >= 4 is 27.7 Å². The largest absolute Gasteiger partial charge is 0.327 e. The van der Waals surface area contributed by atoms with Gasteiger partial charge in [0.1, 0.15) is 0 Å². The average Bonchev–Trinajstić information content (AvgIpc) is 2.74. The molecule has 3 nitrogen and oxygen atoms in total. The Morgan fingerprint density at radius 3 is 2.67 bits per heavy atom. The van der Waals surface area contributed by atoms with E-state index in [9.17, 15) is 0 Å². The SMILES string of the molecule is Cn1ccc(CC(N)CSc2ccc(Br)cc2)n1. The third-order valence-electron chi connectivity index (χ3n) is 2.52. The molecule has 5 heteroatoms. The molecule has 0 aliphatic heterocycles. The van der Waals surface area contributed by atoms with Crippen molar-refractivity contribution in [3.8, 4) is 0 Å². The normalized spacial score (nSPS) is 12.6. The Bertz CT molecular complexity index is 495. The number of rotatable bonds is 5. The standard InChI is InChI=1S/C13H16BrN3S/c1-17-7-6-12(16-17)8-11(15)9-18-13-4-2-10(14)3-5-13/h2-7,11H,8-9,15H2,1H3. The Kier molecular flexibility index (Phi) is 4.86. The van der Waals surface area contributed by atoms with Crippen LogP contribution in [-0.4, -0.2) is 21.6 Å². The molecule has 1 aromatic carbocycles. The second-order valence-electron chi connectivity index (χ2n) is 4.21. The van der Waals surface area contributed by atoms with Crippen molar-refractivity contribution in [1.82, 2.24) is 9.78 Å². The van der Waals surface area contributed by atoms with E-state index < -0.39 is 0 Å². The molecule has 0 aliphatic rings. The monoisotopic (exact) mass is 325 g/mol. The Morgan fingerprint density at radius 1 is 1.33 bits per heavy atom. The van der Waals surface area contributed by atoms with Crippen molar-refractivity contribution in [3.05, 3.63) is 46.7 Å². The first-order chi connectivity index (χ1) is 8.63. The minimum atomic E-state index is 0.133. The van der Waals surface area contributed by atoms with Gasteiger partial charge in [-0.1, -0.05) is 15.9 Å². The minimum absolute atomic E-state index is 0.133. The van der Waals surface area contributed by atoms with Crippen LogP contribution in [0.2, 0.25) is 0 Å². The van der Waals surface area contributed by atoms with E-state index in [1.54, 1.807) is 11.8 Å². The first-order valence-corrected chi connectivity index (χ1v) is 7.54. The number of thioether (sulfide) groups is 1. The lowest BCUT2D eigenvalue weighted by molar-refractivity contribution is 0.691. The van der Waals surface area contributed by atoms with Crippen molar-refractivity contribution in [2.75, 3.05) is 5.75 Å². The first-order valence-electron chi connectivity index (χ1n) is 5.76. The van der Waals surface area contributed by atoms with E-state index in [0.717, 1.165) is 22.3 Å². The van der Waals surface area contributed by atoms with Gasteiger partial charge in [0.15, 0.2) is 0 Å². The first kappa shape index (κ1) is 13.6. The van der Waals surface area contributed by atoms with E-state index in [1.807, 2.05) is 36.1 Å². The van der Waals surface area contributed by atoms with Crippen molar-refractivity contribution in [1.29, 1.82) is 0 Å². The lowest BCUT2D eigenvalue weighted by Gasteiger charge is -2.09. The lowest BCUT2D eigenvalue weighted by atomic mass is 10.2. The summed E-state index contributed by atoms with van der Waals surface area (Å²) in [4.78, 5) is 1.25. The Hall–Kier alpha value is -0.780. The Labute approximate surface area is 120 Å². The number of halogens is 1. The maximum absolute atomic E-state index is 6.11. The molecule has 1 heterocycles. The summed E-state index contributed by atoms with van der Waals surface area (Å²) in [6, 6.07) is 10.4. The van der Waals surface area contributed by atoms with E-state index in [1.165, 1.54) is 4.90 Å². The predicted octanol–water partition coefficient (Wildman–Crippen LogP) is 2.84. The number of nitrogens with zero attached hydrogens (tertiary/aromatic N) is 2. The fraction of sp³-hybridized carbons (Fsp3) is 0.308. The van der Waals surface area contributed by atoms with Crippen LogP contribution in [0.25, 0.3) is 0 Å². The molecule has 0 saturated heterocycles. The number of aromatic nitrogens is 2. The van der Waals surface area contributed by atoms with Crippen LogP contribution in [0.5, 0.6) is 0 Å². The van der Waals surface area contributed by atoms with Crippen molar-refractivity contribution in [2.45, 2.75) is 17.4 Å². The van der Waals surface area contributed by atoms with Crippen LogP contribution in [0, 0.1) is 0 Å². The third-order valence-corrected chi connectivity index (χ3v) is 4.25. The molecule has 1 unspecified atom stereocenters. The van der Waals surface area contributed by atoms with Crippen molar-refractivity contribution in [2.24, 2.45) is 12.8 Å². The number of nitrogens with two attached hydrogens (primary N) is 1. The van der Waals surface area contributed by atoms with Gasteiger partial charge >= 0.3 is 0 Å². The second kappa shape index (κ2) is 6.41. The minimum Gasteiger partial charge on any atom is -0.327 e. The summed E-state index contributed by atoms with van der Waals surface area (Å²) in [7, 11) is 1.92. The summed E-state index contributed by atoms with van der Waals surface area (Å²) in [5, 5.41) is 4.34. The summed E-state index contributed by atoms with van der Waals surface area (Å²) in [5.74, 6) is 0.901. The van der Waals surface area contributed by atoms with Gasteiger partial charge in [-0.2, -0.15) is 5.10 Å². The second-order valence-corrected chi connectivity index (χ2v) is 6.22. The van der Waals surface area contributed by atoms with Gasteiger partial charge in [0.05, 0.1) is 5.69 Å². The number of hydrogen-bond donors (Lipinski definition) is 1. The van der Waals surface area contributed by atoms with Crippen LogP contribution in [0.4, 0.5) is 0 Å². The Balaban J connectivity index is 1.81. The fourth-order valence-corrected chi connectivity index (χ4v) is 2.75. The van der Waals surface area contributed by atoms with Gasteiger partial charge in [-0.15, -0.1) is 11.8 Å². The molecule has 1 atom stereocenters. The van der Waals surface area contributed by atoms with Gasteiger partial charge in [-0.25, -0.2) is 0 Å². The lowest BCUT2D eigenvalue weighted by Crippen LogP contribution is -2.25. The third kappa shape index (κ3) is 4.15. The van der Waals surface area contributed by atoms with Crippen molar-refractivity contribution in [3.63, 3.8) is 0 Å². The molecule has 0 amide bonds. The van der Waals surface area contributed by atoms with Gasteiger partial charge in [-0.3, -0.25) is 4.68 Å². The summed E-state index contributed by atoms with van der Waals surface area (Å²) < 4.78 is 2.91. The highest BCUT2D eigenvalue weighted by atomic mass is 79.9. The van der Waals surface area contributed by atoms with Crippen LogP contribution in [0.3, 0.4) is 0 Å². The smallest absolute Gasteiger partial charge is 0.0640 e. The summed E-state index contributed by atoms with van der Waals surface area (Å²) in [6.45, 7) is 0. The van der Waals surface area contributed by atoms with Crippen LogP contribution in [-0.2, 0) is 13.5 Å². The zero-order chi connectivity index (χ0) is 13.0. The Morgan fingerprint density at radius 2 is 2.06 bits per heavy atom. The van der Waals surface area contributed by atoms with Gasteiger partial charge < -0.3 is 5.73 Å². The number of hydrogen-bond acceptors (Lipinski definition) is 3. The fourth-order valence-electron chi connectivity index (χ4n) is 1.63. The highest BCUT2D eigenvalue weighted by Gasteiger charge is 2.07. The van der Waals surface area contributed by atoms with E-state index in [2.05, 4.69) is 33.2 Å². The van der Waals surface area contributed by atoms with Crippen molar-refractivity contribution < 1.29 is 0 Å². The molecular weight excluding hydrogens is 310 g/mol. The molecule has 0 bridgehead atoms. The molecule has 0 spiro atoms. The van der Waals surface area contributed by atoms with Crippen LogP contribution < -0.4 is 5.73 Å². The molecule has 2 aromatic rings. The van der Waals surface area contributed by atoms with E-state index in [4.69, 9.17) is 5.73 Å². The average molecular weight is 326 g/mol. The number of aryl methyl sites for hydroxylation is 1. The summed E-state index contributed by atoms with van der Waals surface area (Å²) in [5.41, 5.74) is 7.17. The van der Waals surface area contributed by atoms with Crippen LogP contribution in [0.1, 0.15) is 5.69 Å². The highest BCUT2D eigenvalue weighted by Crippen LogP contribution is 2.21. The van der Waals surface area contributed by atoms with Gasteiger partial charge in [0.2, 0.25) is 0 Å². The topological polar surface area (TPSA) is 43.8 Å². The molecule has 2 N–H and O–H groups in total. The van der Waals surface area contributed by atoms with E-state index in [0.29, 0.717) is 0 Å².